The number of hydrogen-bond donors (Lipinski definition) is 1. The molecule has 130 valence electrons. The van der Waals surface area contributed by atoms with Crippen molar-refractivity contribution >= 4 is 17.6 Å². The number of nitrogens with one attached hydrogen (secondary N) is 1. The molecule has 7 heteroatoms. The highest BCUT2D eigenvalue weighted by Gasteiger charge is 2.31. The van der Waals surface area contributed by atoms with Crippen LogP contribution < -0.4 is 14.8 Å². The molecule has 0 fully saturated rings. The van der Waals surface area contributed by atoms with Crippen LogP contribution in [-0.2, 0) is 14.3 Å². The third kappa shape index (κ3) is 4.06. The molecule has 2 aromatic carbocycles. The van der Waals surface area contributed by atoms with Crippen LogP contribution in [-0.4, -0.2) is 30.7 Å². The molecule has 0 saturated heterocycles. The minimum absolute atomic E-state index is 0.00587. The van der Waals surface area contributed by atoms with Crippen LogP contribution in [0.3, 0.4) is 0 Å². The Balaban J connectivity index is 1.56. The number of benzene rings is 2. The van der Waals surface area contributed by atoms with Crippen molar-refractivity contribution in [1.82, 2.24) is 0 Å². The molecule has 0 aliphatic carbocycles. The first-order valence-corrected chi connectivity index (χ1v) is 7.68. The predicted molar refractivity (Wildman–Crippen MR) is 86.9 cm³/mol. The van der Waals surface area contributed by atoms with E-state index in [0.29, 0.717) is 11.5 Å². The molecule has 25 heavy (non-hydrogen) atoms. The Morgan fingerprint density at radius 2 is 1.96 bits per heavy atom. The minimum Gasteiger partial charge on any atom is -0.485 e. The van der Waals surface area contributed by atoms with Crippen molar-refractivity contribution in [3.8, 4) is 11.5 Å². The molecular weight excluding hydrogens is 329 g/mol. The highest BCUT2D eigenvalue weighted by molar-refractivity contribution is 5.95. The van der Waals surface area contributed by atoms with E-state index in [9.17, 15) is 14.0 Å². The quantitative estimate of drug-likeness (QED) is 0.862. The summed E-state index contributed by atoms with van der Waals surface area (Å²) in [6.45, 7) is 1.41. The number of carbonyl (C=O) groups is 2. The molecule has 3 rings (SSSR count). The van der Waals surface area contributed by atoms with E-state index in [2.05, 4.69) is 5.32 Å². The van der Waals surface area contributed by atoms with E-state index >= 15 is 0 Å². The number of rotatable bonds is 4. The van der Waals surface area contributed by atoms with Gasteiger partial charge in [0.1, 0.15) is 12.4 Å². The van der Waals surface area contributed by atoms with Gasteiger partial charge in [-0.15, -0.1) is 0 Å². The van der Waals surface area contributed by atoms with E-state index in [4.69, 9.17) is 14.2 Å². The fourth-order valence-electron chi connectivity index (χ4n) is 2.25. The largest absolute Gasteiger partial charge is 0.485 e. The van der Waals surface area contributed by atoms with Gasteiger partial charge < -0.3 is 19.5 Å². The van der Waals surface area contributed by atoms with Crippen molar-refractivity contribution in [2.75, 3.05) is 11.9 Å². The number of fused-ring (bicyclic) bond motifs is 1. The number of hydrogen-bond acceptors (Lipinski definition) is 5. The van der Waals surface area contributed by atoms with Crippen LogP contribution in [0.4, 0.5) is 10.1 Å². The van der Waals surface area contributed by atoms with Gasteiger partial charge in [0.05, 0.1) is 0 Å². The number of esters is 1. The molecule has 6 nitrogen and oxygen atoms in total. The van der Waals surface area contributed by atoms with Crippen molar-refractivity contribution in [2.45, 2.75) is 19.1 Å². The van der Waals surface area contributed by atoms with E-state index in [1.165, 1.54) is 31.2 Å². The SMILES string of the molecule is C[C@@H](OC(=O)[C@H]1COc2ccccc2O1)C(=O)Nc1cccc(F)c1. The normalized spacial score (nSPS) is 16.6. The molecule has 0 unspecified atom stereocenters. The number of para-hydroxylation sites is 2. The van der Waals surface area contributed by atoms with E-state index in [1.54, 1.807) is 24.3 Å². The Bertz CT molecular complexity index is 795. The monoisotopic (exact) mass is 345 g/mol. The molecule has 0 aromatic heterocycles. The molecule has 1 N–H and O–H groups in total. The number of amides is 1. The van der Waals surface area contributed by atoms with Crippen LogP contribution >= 0.6 is 0 Å². The summed E-state index contributed by atoms with van der Waals surface area (Å²) in [6, 6.07) is 12.4. The predicted octanol–water partition coefficient (Wildman–Crippen LogP) is 2.54. The van der Waals surface area contributed by atoms with Gasteiger partial charge in [0, 0.05) is 5.69 Å². The van der Waals surface area contributed by atoms with Crippen molar-refractivity contribution in [2.24, 2.45) is 0 Å². The Morgan fingerprint density at radius 1 is 1.20 bits per heavy atom. The van der Waals surface area contributed by atoms with Gasteiger partial charge in [-0.3, -0.25) is 4.79 Å². The number of carbonyl (C=O) groups excluding carboxylic acids is 2. The minimum atomic E-state index is -1.07. The van der Waals surface area contributed by atoms with Gasteiger partial charge in [-0.2, -0.15) is 0 Å². The van der Waals surface area contributed by atoms with Gasteiger partial charge in [-0.25, -0.2) is 9.18 Å². The Labute approximate surface area is 143 Å². The summed E-state index contributed by atoms with van der Waals surface area (Å²) >= 11 is 0. The maximum Gasteiger partial charge on any atom is 0.351 e. The van der Waals surface area contributed by atoms with Gasteiger partial charge >= 0.3 is 5.97 Å². The fourth-order valence-corrected chi connectivity index (χ4v) is 2.25. The smallest absolute Gasteiger partial charge is 0.351 e. The van der Waals surface area contributed by atoms with E-state index < -0.39 is 29.9 Å². The molecular formula is C18H16FNO5. The highest BCUT2D eigenvalue weighted by atomic mass is 19.1. The second kappa shape index (κ2) is 7.21. The average molecular weight is 345 g/mol. The lowest BCUT2D eigenvalue weighted by Crippen LogP contribution is -2.41. The molecule has 1 amide bonds. The second-order valence-electron chi connectivity index (χ2n) is 5.44. The third-order valence-corrected chi connectivity index (χ3v) is 3.53. The van der Waals surface area contributed by atoms with Crippen LogP contribution in [0.1, 0.15) is 6.92 Å². The Morgan fingerprint density at radius 3 is 2.72 bits per heavy atom. The highest BCUT2D eigenvalue weighted by Crippen LogP contribution is 2.31. The van der Waals surface area contributed by atoms with Crippen molar-refractivity contribution in [1.29, 1.82) is 0 Å². The number of anilines is 1. The molecule has 1 aliphatic heterocycles. The van der Waals surface area contributed by atoms with Crippen LogP contribution in [0.15, 0.2) is 48.5 Å². The summed E-state index contributed by atoms with van der Waals surface area (Å²) < 4.78 is 29.2. The number of ether oxygens (including phenoxy) is 3. The zero-order chi connectivity index (χ0) is 17.8. The molecule has 1 heterocycles. The first-order chi connectivity index (χ1) is 12.0. The molecule has 2 aromatic rings. The summed E-state index contributed by atoms with van der Waals surface area (Å²) in [7, 11) is 0. The van der Waals surface area contributed by atoms with E-state index in [1.807, 2.05) is 0 Å². The zero-order valence-electron chi connectivity index (χ0n) is 13.4. The molecule has 0 bridgehead atoms. The summed E-state index contributed by atoms with van der Waals surface area (Å²) in [5.74, 6) is -0.780. The molecule has 0 radical (unpaired) electrons. The summed E-state index contributed by atoms with van der Waals surface area (Å²) in [6.07, 6.45) is -2.03. The standard InChI is InChI=1S/C18H16FNO5/c1-11(17(21)20-13-6-4-5-12(19)9-13)24-18(22)16-10-23-14-7-2-3-8-15(14)25-16/h2-9,11,16H,10H2,1H3,(H,20,21)/t11-,16-/m1/s1. The lowest BCUT2D eigenvalue weighted by atomic mass is 10.2. The Kier molecular flexibility index (Phi) is 4.83. The molecule has 0 spiro atoms. The molecule has 0 saturated carbocycles. The maximum absolute atomic E-state index is 13.1. The summed E-state index contributed by atoms with van der Waals surface area (Å²) in [5, 5.41) is 2.48. The van der Waals surface area contributed by atoms with Crippen molar-refractivity contribution in [3.63, 3.8) is 0 Å². The second-order valence-corrected chi connectivity index (χ2v) is 5.44. The first kappa shape index (κ1) is 16.8. The van der Waals surface area contributed by atoms with E-state index in [-0.39, 0.29) is 12.3 Å². The van der Waals surface area contributed by atoms with Crippen molar-refractivity contribution < 1.29 is 28.2 Å². The van der Waals surface area contributed by atoms with Crippen LogP contribution in [0, 0.1) is 5.82 Å². The first-order valence-electron chi connectivity index (χ1n) is 7.68. The van der Waals surface area contributed by atoms with Gasteiger partial charge in [0.15, 0.2) is 17.6 Å². The van der Waals surface area contributed by atoms with Gasteiger partial charge in [0.25, 0.3) is 5.91 Å². The maximum atomic E-state index is 13.1. The van der Waals surface area contributed by atoms with Crippen LogP contribution in [0.25, 0.3) is 0 Å². The lowest BCUT2D eigenvalue weighted by Gasteiger charge is -2.25. The topological polar surface area (TPSA) is 73.9 Å². The fraction of sp³-hybridized carbons (Fsp3) is 0.222. The van der Waals surface area contributed by atoms with Crippen molar-refractivity contribution in [3.05, 3.63) is 54.3 Å². The number of halogens is 1. The zero-order valence-corrected chi connectivity index (χ0v) is 13.4. The summed E-state index contributed by atoms with van der Waals surface area (Å²) in [5.41, 5.74) is 0.277. The van der Waals surface area contributed by atoms with Gasteiger partial charge in [0.2, 0.25) is 6.10 Å². The average Bonchev–Trinajstić information content (AvgIpc) is 2.61. The summed E-state index contributed by atoms with van der Waals surface area (Å²) in [4.78, 5) is 24.2. The van der Waals surface area contributed by atoms with Crippen LogP contribution in [0.5, 0.6) is 11.5 Å². The van der Waals surface area contributed by atoms with Gasteiger partial charge in [-0.05, 0) is 37.3 Å². The Hall–Kier alpha value is -3.09. The third-order valence-electron chi connectivity index (χ3n) is 3.53. The lowest BCUT2D eigenvalue weighted by molar-refractivity contribution is -0.162. The molecule has 1 aliphatic rings. The van der Waals surface area contributed by atoms with Gasteiger partial charge in [-0.1, -0.05) is 18.2 Å². The van der Waals surface area contributed by atoms with Crippen LogP contribution in [0.2, 0.25) is 0 Å². The van der Waals surface area contributed by atoms with E-state index in [0.717, 1.165) is 0 Å². The molecule has 2 atom stereocenters.